The molecule has 0 saturated carbocycles. The van der Waals surface area contributed by atoms with Gasteiger partial charge in [-0.05, 0) is 64.7 Å². The molecule has 1 unspecified atom stereocenters. The van der Waals surface area contributed by atoms with Gasteiger partial charge in [0, 0.05) is 18.9 Å². The molecule has 0 spiro atoms. The molecule has 2 amide bonds. The van der Waals surface area contributed by atoms with Gasteiger partial charge in [-0.3, -0.25) is 9.59 Å². The maximum absolute atomic E-state index is 13.3. The van der Waals surface area contributed by atoms with Gasteiger partial charge in [-0.25, -0.2) is 0 Å². The standard InChI is InChI=1S/C30H31N3O2/c34-29(25-13-15-31-16-14-25)33-28(19-21-9-11-23-5-1-3-7-26(23)17-21)30(35)32-20-22-10-12-24-6-2-4-8-27(24)18-22/h1-12,17-18,25,28,31H,13-16,19-20H2,(H,32,35)(H,33,34). The summed E-state index contributed by atoms with van der Waals surface area (Å²) >= 11 is 0. The first-order valence-corrected chi connectivity index (χ1v) is 12.4. The predicted octanol–water partition coefficient (Wildman–Crippen LogP) is 4.34. The highest BCUT2D eigenvalue weighted by molar-refractivity contribution is 5.89. The Morgan fingerprint density at radius 1 is 0.771 bits per heavy atom. The zero-order chi connectivity index (χ0) is 24.0. The second-order valence-corrected chi connectivity index (χ2v) is 9.37. The molecule has 1 heterocycles. The molecule has 1 fully saturated rings. The number of fused-ring (bicyclic) bond motifs is 2. The van der Waals surface area contributed by atoms with Gasteiger partial charge >= 0.3 is 0 Å². The van der Waals surface area contributed by atoms with E-state index in [0.717, 1.165) is 53.2 Å². The van der Waals surface area contributed by atoms with Gasteiger partial charge in [0.25, 0.3) is 0 Å². The fraction of sp³-hybridized carbons (Fsp3) is 0.267. The molecule has 3 N–H and O–H groups in total. The van der Waals surface area contributed by atoms with Crippen LogP contribution in [0.3, 0.4) is 0 Å². The summed E-state index contributed by atoms with van der Waals surface area (Å²) in [5.41, 5.74) is 2.06. The fourth-order valence-corrected chi connectivity index (χ4v) is 4.85. The van der Waals surface area contributed by atoms with Gasteiger partial charge < -0.3 is 16.0 Å². The van der Waals surface area contributed by atoms with Crippen LogP contribution in [0.15, 0.2) is 84.9 Å². The van der Waals surface area contributed by atoms with Crippen molar-refractivity contribution in [3.8, 4) is 0 Å². The van der Waals surface area contributed by atoms with Crippen molar-refractivity contribution in [3.05, 3.63) is 96.1 Å². The summed E-state index contributed by atoms with van der Waals surface area (Å²) in [6.45, 7) is 2.09. The third-order valence-electron chi connectivity index (χ3n) is 6.88. The number of carbonyl (C=O) groups is 2. The molecule has 1 saturated heterocycles. The van der Waals surface area contributed by atoms with Crippen molar-refractivity contribution in [2.75, 3.05) is 13.1 Å². The number of rotatable bonds is 7. The van der Waals surface area contributed by atoms with Crippen LogP contribution in [0.25, 0.3) is 21.5 Å². The lowest BCUT2D eigenvalue weighted by molar-refractivity contribution is -0.131. The first kappa shape index (κ1) is 23.1. The number of benzene rings is 4. The second kappa shape index (κ2) is 10.7. The van der Waals surface area contributed by atoms with E-state index in [4.69, 9.17) is 0 Å². The molecule has 1 atom stereocenters. The summed E-state index contributed by atoms with van der Waals surface area (Å²) in [6, 6.07) is 28.2. The van der Waals surface area contributed by atoms with Crippen LogP contribution in [0.5, 0.6) is 0 Å². The Labute approximate surface area is 205 Å². The Morgan fingerprint density at radius 3 is 2.00 bits per heavy atom. The highest BCUT2D eigenvalue weighted by Crippen LogP contribution is 2.19. The molecule has 4 aromatic rings. The summed E-state index contributed by atoms with van der Waals surface area (Å²) in [5.74, 6) is -0.240. The first-order valence-electron chi connectivity index (χ1n) is 12.4. The zero-order valence-electron chi connectivity index (χ0n) is 19.8. The van der Waals surface area contributed by atoms with Gasteiger partial charge in [-0.2, -0.15) is 0 Å². The average molecular weight is 466 g/mol. The molecule has 0 aliphatic carbocycles. The molecule has 1 aliphatic heterocycles. The van der Waals surface area contributed by atoms with Crippen molar-refractivity contribution in [3.63, 3.8) is 0 Å². The van der Waals surface area contributed by atoms with Crippen molar-refractivity contribution in [1.29, 1.82) is 0 Å². The Morgan fingerprint density at radius 2 is 1.34 bits per heavy atom. The molecule has 1 aliphatic rings. The lowest BCUT2D eigenvalue weighted by Gasteiger charge is -2.25. The molecule has 0 aromatic heterocycles. The van der Waals surface area contributed by atoms with Crippen molar-refractivity contribution < 1.29 is 9.59 Å². The molecule has 0 bridgehead atoms. The minimum atomic E-state index is -0.626. The molecular formula is C30H31N3O2. The Hall–Kier alpha value is -3.70. The van der Waals surface area contributed by atoms with Gasteiger partial charge in [-0.1, -0.05) is 78.9 Å². The van der Waals surface area contributed by atoms with E-state index in [9.17, 15) is 9.59 Å². The second-order valence-electron chi connectivity index (χ2n) is 9.37. The molecular weight excluding hydrogens is 434 g/mol. The Bertz CT molecular complexity index is 1340. The van der Waals surface area contributed by atoms with Crippen LogP contribution in [0, 0.1) is 5.92 Å². The van der Waals surface area contributed by atoms with E-state index in [2.05, 4.69) is 64.5 Å². The normalized spacial score (nSPS) is 15.1. The summed E-state index contributed by atoms with van der Waals surface area (Å²) in [4.78, 5) is 26.3. The Kier molecular flexibility index (Phi) is 7.05. The molecule has 5 rings (SSSR count). The Balaban J connectivity index is 1.32. The SMILES string of the molecule is O=C(NC(Cc1ccc2ccccc2c1)C(=O)NCc1ccc2ccccc2c1)C1CCNCC1. The maximum atomic E-state index is 13.3. The number of nitrogens with one attached hydrogen (secondary N) is 3. The van der Waals surface area contributed by atoms with Gasteiger partial charge in [0.05, 0.1) is 0 Å². The number of amides is 2. The summed E-state index contributed by atoms with van der Waals surface area (Å²) < 4.78 is 0. The van der Waals surface area contributed by atoms with Crippen molar-refractivity contribution in [2.45, 2.75) is 31.8 Å². The molecule has 5 heteroatoms. The van der Waals surface area contributed by atoms with E-state index in [1.54, 1.807) is 0 Å². The molecule has 178 valence electrons. The summed E-state index contributed by atoms with van der Waals surface area (Å²) in [6.07, 6.45) is 2.05. The van der Waals surface area contributed by atoms with E-state index in [-0.39, 0.29) is 17.7 Å². The van der Waals surface area contributed by atoms with Crippen LogP contribution in [-0.2, 0) is 22.6 Å². The number of piperidine rings is 1. The molecule has 35 heavy (non-hydrogen) atoms. The summed E-state index contributed by atoms with van der Waals surface area (Å²) in [7, 11) is 0. The van der Waals surface area contributed by atoms with E-state index in [1.165, 1.54) is 5.39 Å². The quantitative estimate of drug-likeness (QED) is 0.380. The maximum Gasteiger partial charge on any atom is 0.243 e. The van der Waals surface area contributed by atoms with Crippen molar-refractivity contribution in [1.82, 2.24) is 16.0 Å². The first-order chi connectivity index (χ1) is 17.2. The lowest BCUT2D eigenvalue weighted by Crippen LogP contribution is -2.50. The minimum absolute atomic E-state index is 0.0295. The zero-order valence-corrected chi connectivity index (χ0v) is 19.8. The number of hydrogen-bond donors (Lipinski definition) is 3. The van der Waals surface area contributed by atoms with E-state index in [1.807, 2.05) is 36.4 Å². The van der Waals surface area contributed by atoms with E-state index >= 15 is 0 Å². The fourth-order valence-electron chi connectivity index (χ4n) is 4.85. The third kappa shape index (κ3) is 5.69. The van der Waals surface area contributed by atoms with Gasteiger partial charge in [0.15, 0.2) is 0 Å². The number of carbonyl (C=O) groups excluding carboxylic acids is 2. The highest BCUT2D eigenvalue weighted by Gasteiger charge is 2.27. The molecule has 0 radical (unpaired) electrons. The summed E-state index contributed by atoms with van der Waals surface area (Å²) in [5, 5.41) is 14.0. The van der Waals surface area contributed by atoms with Crippen LogP contribution in [0.2, 0.25) is 0 Å². The largest absolute Gasteiger partial charge is 0.350 e. The highest BCUT2D eigenvalue weighted by atomic mass is 16.2. The van der Waals surface area contributed by atoms with Crippen LogP contribution >= 0.6 is 0 Å². The van der Waals surface area contributed by atoms with Gasteiger partial charge in [-0.15, -0.1) is 0 Å². The van der Waals surface area contributed by atoms with Crippen molar-refractivity contribution in [2.24, 2.45) is 5.92 Å². The average Bonchev–Trinajstić information content (AvgIpc) is 2.91. The van der Waals surface area contributed by atoms with Crippen molar-refractivity contribution >= 4 is 33.4 Å². The third-order valence-corrected chi connectivity index (χ3v) is 6.88. The molecule has 5 nitrogen and oxygen atoms in total. The van der Waals surface area contributed by atoms with Crippen LogP contribution < -0.4 is 16.0 Å². The molecule has 4 aromatic carbocycles. The minimum Gasteiger partial charge on any atom is -0.350 e. The smallest absolute Gasteiger partial charge is 0.243 e. The topological polar surface area (TPSA) is 70.2 Å². The number of hydrogen-bond acceptors (Lipinski definition) is 3. The van der Waals surface area contributed by atoms with Crippen LogP contribution in [0.1, 0.15) is 24.0 Å². The predicted molar refractivity (Wildman–Crippen MR) is 141 cm³/mol. The van der Waals surface area contributed by atoms with E-state index < -0.39 is 6.04 Å². The van der Waals surface area contributed by atoms with Crippen LogP contribution in [-0.4, -0.2) is 30.9 Å². The van der Waals surface area contributed by atoms with Gasteiger partial charge in [0.1, 0.15) is 6.04 Å². The van der Waals surface area contributed by atoms with Crippen LogP contribution in [0.4, 0.5) is 0 Å². The lowest BCUT2D eigenvalue weighted by atomic mass is 9.95. The monoisotopic (exact) mass is 465 g/mol. The van der Waals surface area contributed by atoms with Gasteiger partial charge in [0.2, 0.25) is 11.8 Å². The van der Waals surface area contributed by atoms with E-state index in [0.29, 0.717) is 13.0 Å².